The van der Waals surface area contributed by atoms with Crippen LogP contribution in [0.3, 0.4) is 0 Å². The molecule has 154 valence electrons. The van der Waals surface area contributed by atoms with E-state index in [9.17, 15) is 4.79 Å². The van der Waals surface area contributed by atoms with Crippen LogP contribution in [-0.4, -0.2) is 42.5 Å². The number of carbonyl (C=O) groups is 1. The lowest BCUT2D eigenvalue weighted by Gasteiger charge is -2.25. The number of carbonyl (C=O) groups excluding carboxylic acids is 1. The second-order valence-electron chi connectivity index (χ2n) is 8.53. The molecule has 1 unspecified atom stereocenters. The number of nitrogens with zero attached hydrogens (tertiary/aromatic N) is 3. The minimum atomic E-state index is -0.0564. The fraction of sp³-hybridized carbons (Fsp3) is 0.333. The van der Waals surface area contributed by atoms with E-state index in [1.165, 1.54) is 11.3 Å². The van der Waals surface area contributed by atoms with Gasteiger partial charge in [-0.05, 0) is 62.8 Å². The first-order valence-corrected chi connectivity index (χ1v) is 11.3. The first-order chi connectivity index (χ1) is 14.5. The molecular formula is C24H26N4OS. The van der Waals surface area contributed by atoms with Gasteiger partial charge in [-0.1, -0.05) is 18.2 Å². The quantitative estimate of drug-likeness (QED) is 0.686. The van der Waals surface area contributed by atoms with Crippen molar-refractivity contribution in [3.05, 3.63) is 75.7 Å². The number of likely N-dealkylation sites (N-methyl/N-ethyl adjacent to an activating group) is 1. The van der Waals surface area contributed by atoms with Crippen molar-refractivity contribution >= 4 is 28.6 Å². The van der Waals surface area contributed by atoms with E-state index in [-0.39, 0.29) is 11.3 Å². The molecule has 5 rings (SSSR count). The summed E-state index contributed by atoms with van der Waals surface area (Å²) in [5.41, 5.74) is 5.29. The third-order valence-electron chi connectivity index (χ3n) is 6.26. The van der Waals surface area contributed by atoms with Gasteiger partial charge in [0.25, 0.3) is 5.91 Å². The zero-order chi connectivity index (χ0) is 20.7. The van der Waals surface area contributed by atoms with Crippen molar-refractivity contribution in [3.63, 3.8) is 0 Å². The Kier molecular flexibility index (Phi) is 4.83. The lowest BCUT2D eigenvalue weighted by Crippen LogP contribution is -2.35. The minimum absolute atomic E-state index is 0.0564. The molecule has 3 aromatic rings. The molecule has 0 aliphatic carbocycles. The smallest absolute Gasteiger partial charge is 0.255 e. The van der Waals surface area contributed by atoms with E-state index in [2.05, 4.69) is 51.6 Å². The summed E-state index contributed by atoms with van der Waals surface area (Å²) in [6.45, 7) is 5.96. The fourth-order valence-electron chi connectivity index (χ4n) is 4.88. The van der Waals surface area contributed by atoms with E-state index < -0.39 is 0 Å². The monoisotopic (exact) mass is 418 g/mol. The molecule has 5 nitrogen and oxygen atoms in total. The lowest BCUT2D eigenvalue weighted by molar-refractivity contribution is 0.102. The summed E-state index contributed by atoms with van der Waals surface area (Å²) in [5, 5.41) is 6.28. The van der Waals surface area contributed by atoms with Crippen molar-refractivity contribution in [2.24, 2.45) is 0 Å². The van der Waals surface area contributed by atoms with Crippen molar-refractivity contribution in [3.8, 4) is 0 Å². The Bertz CT molecular complexity index is 1080. The maximum absolute atomic E-state index is 12.9. The molecule has 2 aromatic carbocycles. The number of rotatable bonds is 4. The van der Waals surface area contributed by atoms with E-state index >= 15 is 0 Å². The minimum Gasteiger partial charge on any atom is -0.364 e. The summed E-state index contributed by atoms with van der Waals surface area (Å²) < 4.78 is 0. The average molecular weight is 419 g/mol. The van der Waals surface area contributed by atoms with Crippen molar-refractivity contribution in [1.29, 1.82) is 0 Å². The Labute approximate surface area is 181 Å². The van der Waals surface area contributed by atoms with E-state index in [1.807, 2.05) is 36.4 Å². The highest BCUT2D eigenvalue weighted by atomic mass is 32.1. The second-order valence-corrected chi connectivity index (χ2v) is 9.60. The van der Waals surface area contributed by atoms with E-state index in [0.29, 0.717) is 0 Å². The summed E-state index contributed by atoms with van der Waals surface area (Å²) in [6.07, 6.45) is 1.12. The van der Waals surface area contributed by atoms with Gasteiger partial charge in [-0.15, -0.1) is 11.3 Å². The van der Waals surface area contributed by atoms with Gasteiger partial charge in [-0.3, -0.25) is 4.79 Å². The molecular weight excluding hydrogens is 392 g/mol. The number of nitrogens with one attached hydrogen (secondary N) is 1. The van der Waals surface area contributed by atoms with Crippen LogP contribution in [0.5, 0.6) is 0 Å². The second kappa shape index (κ2) is 7.52. The summed E-state index contributed by atoms with van der Waals surface area (Å²) in [4.78, 5) is 22.4. The van der Waals surface area contributed by atoms with Gasteiger partial charge in [0.1, 0.15) is 0 Å². The number of benzene rings is 2. The topological polar surface area (TPSA) is 48.5 Å². The maximum atomic E-state index is 12.9. The maximum Gasteiger partial charge on any atom is 0.255 e. The summed E-state index contributed by atoms with van der Waals surface area (Å²) in [6, 6.07) is 15.8. The summed E-state index contributed by atoms with van der Waals surface area (Å²) in [5.74, 6) is -0.0564. The van der Waals surface area contributed by atoms with Crippen molar-refractivity contribution in [2.75, 3.05) is 36.9 Å². The Hall–Kier alpha value is -2.70. The normalized spacial score (nSPS) is 20.7. The number of aromatic nitrogens is 1. The van der Waals surface area contributed by atoms with Crippen LogP contribution in [0.4, 0.5) is 11.4 Å². The molecule has 1 atom stereocenters. The number of para-hydroxylation sites is 1. The molecule has 30 heavy (non-hydrogen) atoms. The number of aryl methyl sites for hydroxylation is 1. The standard InChI is InChI=1S/C24H26N4OS/c1-17-25-20(14-30-17)13-28-16-24(10-11-27(2)15-24)21-12-18(8-9-22(21)28)23(29)26-19-6-4-3-5-7-19/h3-9,12,14H,10-11,13,15-16H2,1-2H3,(H,26,29). The van der Waals surface area contributed by atoms with Crippen molar-refractivity contribution < 1.29 is 4.79 Å². The van der Waals surface area contributed by atoms with Crippen molar-refractivity contribution in [1.82, 2.24) is 9.88 Å². The Balaban J connectivity index is 1.47. The van der Waals surface area contributed by atoms with Crippen LogP contribution in [0.2, 0.25) is 0 Å². The molecule has 0 bridgehead atoms. The highest BCUT2D eigenvalue weighted by Gasteiger charge is 2.46. The summed E-state index contributed by atoms with van der Waals surface area (Å²) in [7, 11) is 2.19. The number of thiazole rings is 1. The van der Waals surface area contributed by atoms with Crippen molar-refractivity contribution in [2.45, 2.75) is 25.3 Å². The molecule has 1 fully saturated rings. The predicted molar refractivity (Wildman–Crippen MR) is 123 cm³/mol. The Morgan fingerprint density at radius 1 is 1.20 bits per heavy atom. The van der Waals surface area contributed by atoms with Gasteiger partial charge in [-0.25, -0.2) is 4.98 Å². The first-order valence-electron chi connectivity index (χ1n) is 10.4. The fourth-order valence-corrected chi connectivity index (χ4v) is 5.49. The Morgan fingerprint density at radius 2 is 2.03 bits per heavy atom. The number of amides is 1. The van der Waals surface area contributed by atoms with Gasteiger partial charge in [0.2, 0.25) is 0 Å². The number of hydrogen-bond acceptors (Lipinski definition) is 5. The van der Waals surface area contributed by atoms with Crippen LogP contribution in [0.25, 0.3) is 0 Å². The zero-order valence-electron chi connectivity index (χ0n) is 17.4. The molecule has 3 heterocycles. The molecule has 1 amide bonds. The van der Waals surface area contributed by atoms with Gasteiger partial charge >= 0.3 is 0 Å². The molecule has 1 aromatic heterocycles. The average Bonchev–Trinajstić information content (AvgIpc) is 3.41. The summed E-state index contributed by atoms with van der Waals surface area (Å²) >= 11 is 1.70. The third-order valence-corrected chi connectivity index (χ3v) is 7.08. The molecule has 6 heteroatoms. The van der Waals surface area contributed by atoms with Crippen LogP contribution in [0, 0.1) is 6.92 Å². The molecule has 1 spiro atoms. The molecule has 2 aliphatic heterocycles. The zero-order valence-corrected chi connectivity index (χ0v) is 18.2. The first kappa shape index (κ1) is 19.3. The van der Waals surface area contributed by atoms with E-state index in [0.717, 1.165) is 54.6 Å². The highest BCUT2D eigenvalue weighted by molar-refractivity contribution is 7.09. The van der Waals surface area contributed by atoms with Crippen LogP contribution in [-0.2, 0) is 12.0 Å². The third kappa shape index (κ3) is 3.50. The number of hydrogen-bond donors (Lipinski definition) is 1. The van der Waals surface area contributed by atoms with Crippen LogP contribution >= 0.6 is 11.3 Å². The Morgan fingerprint density at radius 3 is 2.73 bits per heavy atom. The van der Waals surface area contributed by atoms with Gasteiger partial charge < -0.3 is 15.1 Å². The molecule has 0 saturated carbocycles. The lowest BCUT2D eigenvalue weighted by atomic mass is 9.81. The van der Waals surface area contributed by atoms with Gasteiger partial charge in [0.15, 0.2) is 0 Å². The number of anilines is 2. The van der Waals surface area contributed by atoms with Gasteiger partial charge in [0, 0.05) is 40.8 Å². The van der Waals surface area contributed by atoms with E-state index in [1.54, 1.807) is 11.3 Å². The number of fused-ring (bicyclic) bond motifs is 2. The number of likely N-dealkylation sites (tertiary alicyclic amines) is 1. The highest BCUT2D eigenvalue weighted by Crippen LogP contribution is 2.47. The molecule has 2 aliphatic rings. The molecule has 0 radical (unpaired) electrons. The SMILES string of the molecule is Cc1nc(CN2CC3(CCN(C)C3)c3cc(C(=O)Nc4ccccc4)ccc32)cs1. The largest absolute Gasteiger partial charge is 0.364 e. The molecule has 1 N–H and O–H groups in total. The van der Waals surface area contributed by atoms with Gasteiger partial charge in [-0.2, -0.15) is 0 Å². The van der Waals surface area contributed by atoms with Gasteiger partial charge in [0.05, 0.1) is 17.2 Å². The van der Waals surface area contributed by atoms with Crippen LogP contribution in [0.15, 0.2) is 53.9 Å². The molecule has 1 saturated heterocycles. The van der Waals surface area contributed by atoms with E-state index in [4.69, 9.17) is 0 Å². The predicted octanol–water partition coefficient (Wildman–Crippen LogP) is 4.30. The van der Waals surface area contributed by atoms with Crippen LogP contribution in [0.1, 0.15) is 33.0 Å². The van der Waals surface area contributed by atoms with Crippen LogP contribution < -0.4 is 10.2 Å².